The van der Waals surface area contributed by atoms with Crippen LogP contribution in [0.2, 0.25) is 0 Å². The number of nitrogens with zero attached hydrogens (tertiary/aromatic N) is 1. The molecule has 1 aromatic carbocycles. The van der Waals surface area contributed by atoms with Gasteiger partial charge in [0.2, 0.25) is 0 Å². The SMILES string of the molecule is Cc1ccccc1C1C(N)CCCCN1C(C)(C)C. The summed E-state index contributed by atoms with van der Waals surface area (Å²) in [5.41, 5.74) is 9.46. The summed E-state index contributed by atoms with van der Waals surface area (Å²) < 4.78 is 0. The highest BCUT2D eigenvalue weighted by molar-refractivity contribution is 5.30. The number of hydrogen-bond donors (Lipinski definition) is 1. The first kappa shape index (κ1) is 14.5. The lowest BCUT2D eigenvalue weighted by molar-refractivity contribution is 0.0752. The Morgan fingerprint density at radius 3 is 2.47 bits per heavy atom. The number of rotatable bonds is 1. The third kappa shape index (κ3) is 3.18. The molecule has 19 heavy (non-hydrogen) atoms. The summed E-state index contributed by atoms with van der Waals surface area (Å²) in [6, 6.07) is 9.30. The molecule has 1 aliphatic rings. The maximum Gasteiger partial charge on any atom is 0.0506 e. The number of benzene rings is 1. The highest BCUT2D eigenvalue weighted by Gasteiger charge is 2.35. The van der Waals surface area contributed by atoms with Crippen LogP contribution in [-0.4, -0.2) is 23.0 Å². The fraction of sp³-hybridized carbons (Fsp3) is 0.647. The van der Waals surface area contributed by atoms with Gasteiger partial charge in [0.1, 0.15) is 0 Å². The van der Waals surface area contributed by atoms with Crippen LogP contribution in [-0.2, 0) is 0 Å². The van der Waals surface area contributed by atoms with E-state index in [9.17, 15) is 0 Å². The average molecular weight is 260 g/mol. The summed E-state index contributed by atoms with van der Waals surface area (Å²) in [5.74, 6) is 0. The van der Waals surface area contributed by atoms with Crippen molar-refractivity contribution in [3.63, 3.8) is 0 Å². The van der Waals surface area contributed by atoms with E-state index in [0.717, 1.165) is 13.0 Å². The summed E-state index contributed by atoms with van der Waals surface area (Å²) in [7, 11) is 0. The summed E-state index contributed by atoms with van der Waals surface area (Å²) in [5, 5.41) is 0. The van der Waals surface area contributed by atoms with E-state index in [1.165, 1.54) is 24.0 Å². The first-order chi connectivity index (χ1) is 8.91. The standard InChI is InChI=1S/C17H28N2/c1-13-9-5-6-10-14(13)16-15(18)11-7-8-12-19(16)17(2,3)4/h5-6,9-10,15-16H,7-8,11-12,18H2,1-4H3. The highest BCUT2D eigenvalue weighted by Crippen LogP contribution is 2.35. The quantitative estimate of drug-likeness (QED) is 0.835. The van der Waals surface area contributed by atoms with Crippen molar-refractivity contribution in [2.75, 3.05) is 6.54 Å². The smallest absolute Gasteiger partial charge is 0.0506 e. The van der Waals surface area contributed by atoms with Crippen LogP contribution in [0.15, 0.2) is 24.3 Å². The minimum Gasteiger partial charge on any atom is -0.326 e. The molecular formula is C17H28N2. The molecule has 2 rings (SSSR count). The fourth-order valence-corrected chi connectivity index (χ4v) is 3.26. The second-order valence-corrected chi connectivity index (χ2v) is 6.83. The Morgan fingerprint density at radius 1 is 1.16 bits per heavy atom. The largest absolute Gasteiger partial charge is 0.326 e. The molecule has 0 radical (unpaired) electrons. The maximum atomic E-state index is 6.53. The van der Waals surface area contributed by atoms with Crippen LogP contribution in [0.25, 0.3) is 0 Å². The molecule has 2 nitrogen and oxygen atoms in total. The van der Waals surface area contributed by atoms with Crippen molar-refractivity contribution in [3.05, 3.63) is 35.4 Å². The third-order valence-corrected chi connectivity index (χ3v) is 4.30. The molecule has 1 aromatic rings. The first-order valence-corrected chi connectivity index (χ1v) is 7.49. The van der Waals surface area contributed by atoms with Gasteiger partial charge in [-0.3, -0.25) is 4.90 Å². The lowest BCUT2D eigenvalue weighted by atomic mass is 9.90. The molecule has 2 unspecified atom stereocenters. The van der Waals surface area contributed by atoms with Crippen molar-refractivity contribution < 1.29 is 0 Å². The Bertz CT molecular complexity index is 420. The summed E-state index contributed by atoms with van der Waals surface area (Å²) in [4.78, 5) is 2.60. The van der Waals surface area contributed by atoms with E-state index in [-0.39, 0.29) is 11.6 Å². The Labute approximate surface area is 118 Å². The fourth-order valence-electron chi connectivity index (χ4n) is 3.26. The van der Waals surface area contributed by atoms with Crippen LogP contribution in [0.1, 0.15) is 57.2 Å². The molecule has 0 saturated carbocycles. The molecule has 2 atom stereocenters. The molecule has 0 spiro atoms. The van der Waals surface area contributed by atoms with Gasteiger partial charge in [-0.05, 0) is 58.2 Å². The number of aryl methyl sites for hydroxylation is 1. The van der Waals surface area contributed by atoms with Crippen molar-refractivity contribution in [2.24, 2.45) is 5.73 Å². The molecule has 0 aromatic heterocycles. The zero-order chi connectivity index (χ0) is 14.0. The van der Waals surface area contributed by atoms with Gasteiger partial charge in [-0.15, -0.1) is 0 Å². The Balaban J connectivity index is 2.43. The topological polar surface area (TPSA) is 29.3 Å². The predicted molar refractivity (Wildman–Crippen MR) is 82.2 cm³/mol. The molecule has 1 saturated heterocycles. The van der Waals surface area contributed by atoms with Crippen LogP contribution in [0.4, 0.5) is 0 Å². The maximum absolute atomic E-state index is 6.53. The lowest BCUT2D eigenvalue weighted by Crippen LogP contribution is -2.49. The van der Waals surface area contributed by atoms with Crippen LogP contribution in [0, 0.1) is 6.92 Å². The molecule has 0 bridgehead atoms. The van der Waals surface area contributed by atoms with Gasteiger partial charge in [-0.1, -0.05) is 30.7 Å². The van der Waals surface area contributed by atoms with Crippen LogP contribution < -0.4 is 5.73 Å². The Kier molecular flexibility index (Phi) is 4.32. The monoisotopic (exact) mass is 260 g/mol. The molecule has 1 heterocycles. The molecule has 2 N–H and O–H groups in total. The lowest BCUT2D eigenvalue weighted by Gasteiger charge is -2.43. The summed E-state index contributed by atoms with van der Waals surface area (Å²) in [6.45, 7) is 10.3. The summed E-state index contributed by atoms with van der Waals surface area (Å²) >= 11 is 0. The van der Waals surface area contributed by atoms with Crippen LogP contribution >= 0.6 is 0 Å². The normalized spacial score (nSPS) is 26.2. The number of hydrogen-bond acceptors (Lipinski definition) is 2. The van der Waals surface area contributed by atoms with Crippen molar-refractivity contribution in [1.82, 2.24) is 4.90 Å². The van der Waals surface area contributed by atoms with Crippen molar-refractivity contribution in [3.8, 4) is 0 Å². The third-order valence-electron chi connectivity index (χ3n) is 4.30. The second kappa shape index (κ2) is 5.64. The van der Waals surface area contributed by atoms with Gasteiger partial charge in [0.25, 0.3) is 0 Å². The predicted octanol–water partition coefficient (Wildman–Crippen LogP) is 3.65. The second-order valence-electron chi connectivity index (χ2n) is 6.83. The molecule has 1 aliphatic heterocycles. The minimum absolute atomic E-state index is 0.162. The zero-order valence-electron chi connectivity index (χ0n) is 12.8. The van der Waals surface area contributed by atoms with Gasteiger partial charge in [-0.2, -0.15) is 0 Å². The van der Waals surface area contributed by atoms with E-state index >= 15 is 0 Å². The van der Waals surface area contributed by atoms with E-state index in [0.29, 0.717) is 6.04 Å². The molecular weight excluding hydrogens is 232 g/mol. The van der Waals surface area contributed by atoms with Gasteiger partial charge in [0.05, 0.1) is 6.04 Å². The molecule has 106 valence electrons. The van der Waals surface area contributed by atoms with E-state index in [2.05, 4.69) is 56.9 Å². The summed E-state index contributed by atoms with van der Waals surface area (Å²) in [6.07, 6.45) is 3.63. The Hall–Kier alpha value is -0.860. The van der Waals surface area contributed by atoms with Gasteiger partial charge in [0.15, 0.2) is 0 Å². The van der Waals surface area contributed by atoms with E-state index in [1.54, 1.807) is 0 Å². The van der Waals surface area contributed by atoms with Gasteiger partial charge >= 0.3 is 0 Å². The van der Waals surface area contributed by atoms with E-state index in [1.807, 2.05) is 0 Å². The van der Waals surface area contributed by atoms with Gasteiger partial charge in [-0.25, -0.2) is 0 Å². The number of nitrogens with two attached hydrogens (primary N) is 1. The number of likely N-dealkylation sites (tertiary alicyclic amines) is 1. The van der Waals surface area contributed by atoms with Crippen LogP contribution in [0.3, 0.4) is 0 Å². The zero-order valence-corrected chi connectivity index (χ0v) is 12.8. The average Bonchev–Trinajstić information content (AvgIpc) is 2.51. The highest BCUT2D eigenvalue weighted by atomic mass is 15.2. The van der Waals surface area contributed by atoms with E-state index in [4.69, 9.17) is 5.73 Å². The minimum atomic E-state index is 0.162. The van der Waals surface area contributed by atoms with Crippen molar-refractivity contribution in [2.45, 2.75) is 64.6 Å². The van der Waals surface area contributed by atoms with Gasteiger partial charge in [0, 0.05) is 11.6 Å². The van der Waals surface area contributed by atoms with E-state index < -0.39 is 0 Å². The van der Waals surface area contributed by atoms with Gasteiger partial charge < -0.3 is 5.73 Å². The van der Waals surface area contributed by atoms with Crippen molar-refractivity contribution in [1.29, 1.82) is 0 Å². The molecule has 1 fully saturated rings. The molecule has 0 aliphatic carbocycles. The van der Waals surface area contributed by atoms with Crippen molar-refractivity contribution >= 4 is 0 Å². The molecule has 2 heteroatoms. The Morgan fingerprint density at radius 2 is 1.84 bits per heavy atom. The molecule has 0 amide bonds. The van der Waals surface area contributed by atoms with Crippen LogP contribution in [0.5, 0.6) is 0 Å². The first-order valence-electron chi connectivity index (χ1n) is 7.49.